The number of allylic oxidation sites excluding steroid dienone is 4. The monoisotopic (exact) mass is 667 g/mol. The van der Waals surface area contributed by atoms with Gasteiger partial charge in [0.25, 0.3) is 0 Å². The molecule has 2 aliphatic heterocycles. The molecule has 2 N–H and O–H groups in total. The fourth-order valence-electron chi connectivity index (χ4n) is 7.39. The van der Waals surface area contributed by atoms with Crippen molar-refractivity contribution in [2.45, 2.75) is 12.1 Å². The predicted molar refractivity (Wildman–Crippen MR) is 214 cm³/mol. The van der Waals surface area contributed by atoms with Crippen LogP contribution in [0, 0.1) is 0 Å². The van der Waals surface area contributed by atoms with Crippen LogP contribution in [-0.2, 0) is 0 Å². The Morgan fingerprint density at radius 2 is 1.38 bits per heavy atom. The fraction of sp³-hybridized carbons (Fsp3) is 0.0426. The number of pyridine rings is 3. The van der Waals surface area contributed by atoms with Gasteiger partial charge in [-0.3, -0.25) is 4.98 Å². The van der Waals surface area contributed by atoms with E-state index in [0.717, 1.165) is 72.5 Å². The molecule has 5 heterocycles. The third-order valence-electron chi connectivity index (χ3n) is 10.2. The van der Waals surface area contributed by atoms with E-state index in [1.165, 1.54) is 16.7 Å². The molecule has 0 saturated heterocycles. The fourth-order valence-corrected chi connectivity index (χ4v) is 7.39. The normalized spacial score (nSPS) is 17.3. The summed E-state index contributed by atoms with van der Waals surface area (Å²) in [6, 6.07) is 44.6. The predicted octanol–water partition coefficient (Wildman–Crippen LogP) is 10.6. The zero-order valence-corrected chi connectivity index (χ0v) is 28.2. The van der Waals surface area contributed by atoms with Crippen molar-refractivity contribution < 1.29 is 0 Å². The summed E-state index contributed by atoms with van der Waals surface area (Å²) in [4.78, 5) is 14.7. The first-order chi connectivity index (χ1) is 25.7. The number of aromatic nitrogens is 3. The molecule has 0 spiro atoms. The standard InChI is InChI=1S/C47H33N5/c1-2-7-30(8-3-1)39-23-20-33-14-15-34-21-24-41(52-47(34)46(33)51-39)37-10-6-9-35(27-37)36-16-12-31-18-22-40(49-44(31)28-36)38-17-13-32-19-25-43(50-45(32)29-38)42-11-4-5-26-48-42/h1-29,39,44,49,51H. The van der Waals surface area contributed by atoms with E-state index in [1.807, 2.05) is 24.3 Å². The molecule has 5 heteroatoms. The van der Waals surface area contributed by atoms with Gasteiger partial charge in [-0.05, 0) is 75.9 Å². The first-order valence-corrected chi connectivity index (χ1v) is 17.7. The molecule has 0 bridgehead atoms. The Hall–Kier alpha value is -6.85. The van der Waals surface area contributed by atoms with Crippen molar-refractivity contribution in [1.29, 1.82) is 0 Å². The number of nitrogens with one attached hydrogen (secondary N) is 2. The van der Waals surface area contributed by atoms with E-state index in [-0.39, 0.29) is 12.1 Å². The minimum atomic E-state index is 0.0502. The van der Waals surface area contributed by atoms with Crippen LogP contribution in [-0.4, -0.2) is 21.0 Å². The van der Waals surface area contributed by atoms with E-state index in [0.29, 0.717) is 0 Å². The van der Waals surface area contributed by atoms with E-state index >= 15 is 0 Å². The second-order valence-electron chi connectivity index (χ2n) is 13.4. The Labute approximate surface area is 302 Å². The summed E-state index contributed by atoms with van der Waals surface area (Å²) in [6.45, 7) is 0. The van der Waals surface area contributed by atoms with Gasteiger partial charge in [-0.25, -0.2) is 9.97 Å². The molecule has 7 aromatic rings. The van der Waals surface area contributed by atoms with Crippen molar-refractivity contribution in [2.75, 3.05) is 5.32 Å². The number of nitrogens with zero attached hydrogens (tertiary/aromatic N) is 3. The first kappa shape index (κ1) is 30.0. The summed E-state index contributed by atoms with van der Waals surface area (Å²) in [5, 5.41) is 9.78. The molecule has 0 saturated carbocycles. The Bertz CT molecular complexity index is 2690. The largest absolute Gasteiger partial charge is 0.374 e. The highest BCUT2D eigenvalue weighted by Gasteiger charge is 2.21. The van der Waals surface area contributed by atoms with E-state index in [1.54, 1.807) is 6.20 Å². The van der Waals surface area contributed by atoms with Gasteiger partial charge in [-0.15, -0.1) is 0 Å². The Kier molecular flexibility index (Phi) is 7.21. The minimum Gasteiger partial charge on any atom is -0.374 e. The summed E-state index contributed by atoms with van der Waals surface area (Å²) >= 11 is 0. The lowest BCUT2D eigenvalue weighted by atomic mass is 9.90. The SMILES string of the molecule is C1=CC2=CC=C(c3ccc4ccc(-c5ccccn5)nc4c3)NC2C=C1c1cccc(-c2ccc3ccc4c(c3n2)NC(c2ccccc2)C=C4)c1. The van der Waals surface area contributed by atoms with Gasteiger partial charge in [0.15, 0.2) is 0 Å². The van der Waals surface area contributed by atoms with Crippen molar-refractivity contribution in [3.63, 3.8) is 0 Å². The number of fused-ring (bicyclic) bond motifs is 5. The molecule has 4 aromatic carbocycles. The Morgan fingerprint density at radius 3 is 2.31 bits per heavy atom. The van der Waals surface area contributed by atoms with Crippen molar-refractivity contribution in [1.82, 2.24) is 20.3 Å². The van der Waals surface area contributed by atoms with E-state index in [9.17, 15) is 0 Å². The van der Waals surface area contributed by atoms with Crippen LogP contribution in [0.2, 0.25) is 0 Å². The summed E-state index contributed by atoms with van der Waals surface area (Å²) < 4.78 is 0. The molecule has 5 nitrogen and oxygen atoms in total. The lowest BCUT2D eigenvalue weighted by Crippen LogP contribution is -2.30. The molecule has 52 heavy (non-hydrogen) atoms. The highest BCUT2D eigenvalue weighted by atomic mass is 14.9. The molecule has 2 atom stereocenters. The van der Waals surface area contributed by atoms with Crippen LogP contribution < -0.4 is 10.6 Å². The number of dihydropyridines is 1. The van der Waals surface area contributed by atoms with Gasteiger partial charge >= 0.3 is 0 Å². The third-order valence-corrected chi connectivity index (χ3v) is 10.2. The van der Waals surface area contributed by atoms with E-state index < -0.39 is 0 Å². The minimum absolute atomic E-state index is 0.0502. The van der Waals surface area contributed by atoms with Gasteiger partial charge in [0, 0.05) is 28.2 Å². The van der Waals surface area contributed by atoms with E-state index in [2.05, 4.69) is 161 Å². The van der Waals surface area contributed by atoms with Crippen molar-refractivity contribution >= 4 is 44.8 Å². The zero-order chi connectivity index (χ0) is 34.4. The highest BCUT2D eigenvalue weighted by Crippen LogP contribution is 2.37. The van der Waals surface area contributed by atoms with Crippen molar-refractivity contribution in [3.8, 4) is 22.6 Å². The molecule has 0 fully saturated rings. The van der Waals surface area contributed by atoms with Gasteiger partial charge in [-0.2, -0.15) is 0 Å². The number of hydrogen-bond donors (Lipinski definition) is 2. The molecule has 1 aliphatic carbocycles. The molecular formula is C47H33N5. The zero-order valence-electron chi connectivity index (χ0n) is 28.2. The number of benzene rings is 4. The lowest BCUT2D eigenvalue weighted by Gasteiger charge is -2.27. The Morgan fingerprint density at radius 1 is 0.538 bits per heavy atom. The van der Waals surface area contributed by atoms with Gasteiger partial charge in [0.2, 0.25) is 0 Å². The van der Waals surface area contributed by atoms with Crippen LogP contribution in [0.15, 0.2) is 176 Å². The molecule has 2 unspecified atom stereocenters. The van der Waals surface area contributed by atoms with Crippen molar-refractivity contribution in [3.05, 3.63) is 198 Å². The van der Waals surface area contributed by atoms with Gasteiger partial charge in [0.1, 0.15) is 0 Å². The van der Waals surface area contributed by atoms with Gasteiger partial charge in [0.05, 0.1) is 45.9 Å². The van der Waals surface area contributed by atoms with Crippen LogP contribution in [0.4, 0.5) is 5.69 Å². The van der Waals surface area contributed by atoms with Crippen LogP contribution >= 0.6 is 0 Å². The summed E-state index contributed by atoms with van der Waals surface area (Å²) in [5.41, 5.74) is 14.9. The summed E-state index contributed by atoms with van der Waals surface area (Å²) in [5.74, 6) is 0. The number of anilines is 1. The second-order valence-corrected chi connectivity index (χ2v) is 13.4. The average Bonchev–Trinajstić information content (AvgIpc) is 3.23. The third kappa shape index (κ3) is 5.49. The maximum atomic E-state index is 5.25. The molecule has 0 amide bonds. The smallest absolute Gasteiger partial charge is 0.0947 e. The number of hydrogen-bond acceptors (Lipinski definition) is 5. The van der Waals surface area contributed by atoms with Gasteiger partial charge in [-0.1, -0.05) is 127 Å². The highest BCUT2D eigenvalue weighted by molar-refractivity contribution is 5.97. The van der Waals surface area contributed by atoms with Crippen molar-refractivity contribution in [2.24, 2.45) is 0 Å². The molecule has 3 aliphatic rings. The molecular weight excluding hydrogens is 635 g/mol. The quantitative estimate of drug-likeness (QED) is 0.191. The molecule has 3 aromatic heterocycles. The molecule has 0 radical (unpaired) electrons. The van der Waals surface area contributed by atoms with E-state index in [4.69, 9.17) is 9.97 Å². The average molecular weight is 668 g/mol. The molecule has 10 rings (SSSR count). The van der Waals surface area contributed by atoms with Crippen LogP contribution in [0.3, 0.4) is 0 Å². The number of rotatable bonds is 5. The first-order valence-electron chi connectivity index (χ1n) is 17.7. The maximum absolute atomic E-state index is 5.25. The topological polar surface area (TPSA) is 62.7 Å². The Balaban J connectivity index is 0.928. The second kappa shape index (κ2) is 12.5. The molecule has 246 valence electrons. The maximum Gasteiger partial charge on any atom is 0.0947 e. The summed E-state index contributed by atoms with van der Waals surface area (Å²) in [6.07, 6.45) is 17.4. The van der Waals surface area contributed by atoms with Crippen LogP contribution in [0.1, 0.15) is 28.3 Å². The van der Waals surface area contributed by atoms with Crippen LogP contribution in [0.25, 0.3) is 61.8 Å². The van der Waals surface area contributed by atoms with Crippen LogP contribution in [0.5, 0.6) is 0 Å². The van der Waals surface area contributed by atoms with Gasteiger partial charge < -0.3 is 10.6 Å². The summed E-state index contributed by atoms with van der Waals surface area (Å²) in [7, 11) is 0. The lowest BCUT2D eigenvalue weighted by molar-refractivity contribution is 0.815.